The second-order valence-electron chi connectivity index (χ2n) is 5.36. The van der Waals surface area contributed by atoms with Gasteiger partial charge in [-0.25, -0.2) is 0 Å². The summed E-state index contributed by atoms with van der Waals surface area (Å²) in [6.07, 6.45) is 0.813. The molecule has 0 aliphatic carbocycles. The zero-order valence-electron chi connectivity index (χ0n) is 12.3. The van der Waals surface area contributed by atoms with Crippen LogP contribution in [0.15, 0.2) is 42.5 Å². The summed E-state index contributed by atoms with van der Waals surface area (Å²) in [6, 6.07) is 14.1. The van der Waals surface area contributed by atoms with Gasteiger partial charge in [-0.15, -0.1) is 0 Å². The van der Waals surface area contributed by atoms with Gasteiger partial charge < -0.3 is 10.6 Å². The molecule has 0 bridgehead atoms. The average molecular weight is 323 g/mol. The van der Waals surface area contributed by atoms with E-state index < -0.39 is 0 Å². The molecule has 0 saturated carbocycles. The van der Waals surface area contributed by atoms with Crippen LogP contribution in [0.3, 0.4) is 0 Å². The van der Waals surface area contributed by atoms with Crippen LogP contribution in [0, 0.1) is 0 Å². The fraction of sp³-hybridized carbons (Fsp3) is 0.294. The molecule has 0 aromatic heterocycles. The fourth-order valence-electron chi connectivity index (χ4n) is 2.33. The topological polar surface area (TPSA) is 29.3 Å². The summed E-state index contributed by atoms with van der Waals surface area (Å²) >= 11 is 12.2. The second-order valence-corrected chi connectivity index (χ2v) is 6.20. The number of hydrogen-bond acceptors (Lipinski definition) is 2. The highest BCUT2D eigenvalue weighted by atomic mass is 35.5. The molecule has 1 unspecified atom stereocenters. The van der Waals surface area contributed by atoms with E-state index in [9.17, 15) is 0 Å². The summed E-state index contributed by atoms with van der Waals surface area (Å²) < 4.78 is 0. The quantitative estimate of drug-likeness (QED) is 0.887. The number of nitrogens with zero attached hydrogens (tertiary/aromatic N) is 1. The Balaban J connectivity index is 2.19. The summed E-state index contributed by atoms with van der Waals surface area (Å²) in [5, 5.41) is 1.36. The van der Waals surface area contributed by atoms with Gasteiger partial charge in [0.05, 0.1) is 0 Å². The summed E-state index contributed by atoms with van der Waals surface area (Å²) in [4.78, 5) is 2.08. The van der Waals surface area contributed by atoms with Gasteiger partial charge in [-0.05, 0) is 48.4 Å². The van der Waals surface area contributed by atoms with Gasteiger partial charge in [0, 0.05) is 35.7 Å². The summed E-state index contributed by atoms with van der Waals surface area (Å²) in [6.45, 7) is 0.584. The third-order valence-electron chi connectivity index (χ3n) is 3.65. The lowest BCUT2D eigenvalue weighted by molar-refractivity contribution is 0.694. The van der Waals surface area contributed by atoms with Crippen molar-refractivity contribution in [2.45, 2.75) is 12.3 Å². The predicted molar refractivity (Wildman–Crippen MR) is 92.7 cm³/mol. The Morgan fingerprint density at radius 1 is 1.05 bits per heavy atom. The van der Waals surface area contributed by atoms with E-state index in [4.69, 9.17) is 28.9 Å². The minimum Gasteiger partial charge on any atom is -0.378 e. The lowest BCUT2D eigenvalue weighted by Gasteiger charge is -2.18. The largest absolute Gasteiger partial charge is 0.378 e. The summed E-state index contributed by atoms with van der Waals surface area (Å²) in [7, 11) is 4.06. The molecular formula is C17H20Cl2N2. The standard InChI is InChI=1S/C17H20Cl2N2/c1-21(2)16-7-4-12(5-8-16)14(11-20)9-13-3-6-15(18)10-17(13)19/h3-8,10,14H,9,11,20H2,1-2H3. The molecule has 0 aliphatic rings. The van der Waals surface area contributed by atoms with Crippen molar-refractivity contribution in [1.82, 2.24) is 0 Å². The molecule has 0 aliphatic heterocycles. The predicted octanol–water partition coefficient (Wildman–Crippen LogP) is 4.34. The summed E-state index contributed by atoms with van der Waals surface area (Å²) in [5.74, 6) is 0.250. The van der Waals surface area contributed by atoms with Crippen LogP contribution in [0.2, 0.25) is 10.0 Å². The average Bonchev–Trinajstić information content (AvgIpc) is 2.47. The van der Waals surface area contributed by atoms with Crippen LogP contribution in [0.5, 0.6) is 0 Å². The maximum Gasteiger partial charge on any atom is 0.0453 e. The summed E-state index contributed by atoms with van der Waals surface area (Å²) in [5.41, 5.74) is 9.44. The Labute approximate surface area is 136 Å². The molecule has 0 spiro atoms. The smallest absolute Gasteiger partial charge is 0.0453 e. The molecule has 4 heteroatoms. The van der Waals surface area contributed by atoms with Crippen molar-refractivity contribution in [3.63, 3.8) is 0 Å². The Kier molecular flexibility index (Phi) is 5.51. The lowest BCUT2D eigenvalue weighted by atomic mass is 9.92. The zero-order chi connectivity index (χ0) is 15.4. The van der Waals surface area contributed by atoms with Crippen molar-refractivity contribution < 1.29 is 0 Å². The molecule has 2 aromatic carbocycles. The molecule has 0 fully saturated rings. The number of rotatable bonds is 5. The Morgan fingerprint density at radius 2 is 1.71 bits per heavy atom. The van der Waals surface area contributed by atoms with Crippen molar-refractivity contribution >= 4 is 28.9 Å². The van der Waals surface area contributed by atoms with Crippen molar-refractivity contribution in [2.75, 3.05) is 25.5 Å². The normalized spacial score (nSPS) is 12.2. The van der Waals surface area contributed by atoms with E-state index in [0.717, 1.165) is 12.0 Å². The first-order valence-electron chi connectivity index (χ1n) is 6.92. The highest BCUT2D eigenvalue weighted by Gasteiger charge is 2.13. The molecule has 0 radical (unpaired) electrons. The first-order valence-corrected chi connectivity index (χ1v) is 7.68. The van der Waals surface area contributed by atoms with E-state index in [-0.39, 0.29) is 5.92 Å². The molecule has 2 rings (SSSR count). The van der Waals surface area contributed by atoms with Crippen LogP contribution in [0.25, 0.3) is 0 Å². The van der Waals surface area contributed by atoms with Gasteiger partial charge in [0.25, 0.3) is 0 Å². The van der Waals surface area contributed by atoms with E-state index in [0.29, 0.717) is 16.6 Å². The maximum absolute atomic E-state index is 6.25. The third kappa shape index (κ3) is 4.13. The minimum absolute atomic E-state index is 0.250. The molecule has 112 valence electrons. The van der Waals surface area contributed by atoms with Crippen LogP contribution in [0.4, 0.5) is 5.69 Å². The highest BCUT2D eigenvalue weighted by molar-refractivity contribution is 6.35. The van der Waals surface area contributed by atoms with Gasteiger partial charge in [0.15, 0.2) is 0 Å². The van der Waals surface area contributed by atoms with Crippen LogP contribution in [-0.2, 0) is 6.42 Å². The van der Waals surface area contributed by atoms with E-state index in [1.165, 1.54) is 11.3 Å². The van der Waals surface area contributed by atoms with Crippen LogP contribution in [-0.4, -0.2) is 20.6 Å². The number of nitrogens with two attached hydrogens (primary N) is 1. The first kappa shape index (κ1) is 16.2. The Morgan fingerprint density at radius 3 is 2.24 bits per heavy atom. The van der Waals surface area contributed by atoms with Gasteiger partial charge in [-0.3, -0.25) is 0 Å². The van der Waals surface area contributed by atoms with Gasteiger partial charge in [-0.2, -0.15) is 0 Å². The van der Waals surface area contributed by atoms with E-state index >= 15 is 0 Å². The monoisotopic (exact) mass is 322 g/mol. The highest BCUT2D eigenvalue weighted by Crippen LogP contribution is 2.27. The van der Waals surface area contributed by atoms with E-state index in [1.54, 1.807) is 6.07 Å². The Hall–Kier alpha value is -1.22. The second kappa shape index (κ2) is 7.17. The molecule has 0 heterocycles. The van der Waals surface area contributed by atoms with Gasteiger partial charge in [0.2, 0.25) is 0 Å². The molecule has 1 atom stereocenters. The lowest BCUT2D eigenvalue weighted by Crippen LogP contribution is -2.15. The third-order valence-corrected chi connectivity index (χ3v) is 4.23. The van der Waals surface area contributed by atoms with E-state index in [1.807, 2.05) is 26.2 Å². The molecule has 2 nitrogen and oxygen atoms in total. The fourth-order valence-corrected chi connectivity index (χ4v) is 2.82. The minimum atomic E-state index is 0.250. The maximum atomic E-state index is 6.25. The number of halogens is 2. The Bertz CT molecular complexity index is 594. The van der Waals surface area contributed by atoms with Gasteiger partial charge >= 0.3 is 0 Å². The SMILES string of the molecule is CN(C)c1ccc(C(CN)Cc2ccc(Cl)cc2Cl)cc1. The van der Waals surface area contributed by atoms with Crippen LogP contribution >= 0.6 is 23.2 Å². The van der Waals surface area contributed by atoms with Crippen molar-refractivity contribution in [2.24, 2.45) is 5.73 Å². The molecule has 2 aromatic rings. The van der Waals surface area contributed by atoms with Crippen molar-refractivity contribution in [3.8, 4) is 0 Å². The van der Waals surface area contributed by atoms with Crippen molar-refractivity contribution in [3.05, 3.63) is 63.6 Å². The number of hydrogen-bond donors (Lipinski definition) is 1. The van der Waals surface area contributed by atoms with Crippen LogP contribution in [0.1, 0.15) is 17.0 Å². The first-order chi connectivity index (χ1) is 10.0. The molecule has 21 heavy (non-hydrogen) atoms. The van der Waals surface area contributed by atoms with E-state index in [2.05, 4.69) is 29.2 Å². The zero-order valence-corrected chi connectivity index (χ0v) is 13.8. The number of benzene rings is 2. The molecule has 0 amide bonds. The van der Waals surface area contributed by atoms with Crippen LogP contribution < -0.4 is 10.6 Å². The molecular weight excluding hydrogens is 303 g/mol. The van der Waals surface area contributed by atoms with Gasteiger partial charge in [0.1, 0.15) is 0 Å². The molecule has 2 N–H and O–H groups in total. The van der Waals surface area contributed by atoms with Gasteiger partial charge in [-0.1, -0.05) is 41.4 Å². The molecule has 0 saturated heterocycles. The number of anilines is 1. The van der Waals surface area contributed by atoms with Crippen molar-refractivity contribution in [1.29, 1.82) is 0 Å².